The Morgan fingerprint density at radius 2 is 1.04 bits per heavy atom. The number of rotatable bonds is 10. The zero-order valence-electron chi connectivity index (χ0n) is 24.4. The topological polar surface area (TPSA) is 118 Å². The molecule has 0 saturated carbocycles. The molecule has 1 radical (unpaired) electrons. The molecule has 0 spiro atoms. The van der Waals surface area contributed by atoms with Crippen LogP contribution in [0.1, 0.15) is 27.1 Å². The van der Waals surface area contributed by atoms with Gasteiger partial charge in [-0.1, -0.05) is 15.9 Å². The first kappa shape index (κ1) is 37.5. The zero-order chi connectivity index (χ0) is 34.1. The van der Waals surface area contributed by atoms with Crippen LogP contribution in [0.5, 0.6) is 23.0 Å². The summed E-state index contributed by atoms with van der Waals surface area (Å²) in [4.78, 5) is 45.1. The van der Waals surface area contributed by atoms with Crippen LogP contribution in [-0.2, 0) is 19.1 Å². The molecule has 0 saturated heterocycles. The van der Waals surface area contributed by atoms with Crippen molar-refractivity contribution in [3.8, 4) is 23.0 Å². The maximum atomic E-state index is 12.8. The van der Waals surface area contributed by atoms with Crippen molar-refractivity contribution in [1.29, 1.82) is 0 Å². The van der Waals surface area contributed by atoms with E-state index in [1.165, 1.54) is 62.8 Å². The quantitative estimate of drug-likeness (QED) is 0.0455. The maximum absolute atomic E-state index is 12.8. The van der Waals surface area contributed by atoms with Crippen molar-refractivity contribution >= 4 is 59.9 Å². The minimum absolute atomic E-state index is 0.297. The molecule has 14 heteroatoms. The molecule has 4 aromatic carbocycles. The Hall–Kier alpha value is -4.69. The molecule has 9 nitrogen and oxygen atoms in total. The number of benzene rings is 4. The standard InChI is InChI=1S/C16H12BrFO4.C16H13FO4.BHNS/c1-21-16(20)14(17)15(19)10-2-6-12(7-3-10)22-13-8-4-11(18)5-9-13;1-20-16(19)10-15(18)11-2-6-13(7-3-11)21-14-8-4-12(17)5-9-14;1-2-3/h2-9,14H,1H3;2-9H,10H2,1H3;3H. The Labute approximate surface area is 278 Å². The van der Waals surface area contributed by atoms with Gasteiger partial charge in [0, 0.05) is 11.1 Å². The number of carbonyl (C=O) groups excluding carboxylic acids is 4. The van der Waals surface area contributed by atoms with E-state index in [1.807, 2.05) is 0 Å². The number of carbonyl (C=O) groups is 4. The van der Waals surface area contributed by atoms with E-state index in [0.29, 0.717) is 34.1 Å². The molecule has 4 aromatic rings. The molecule has 1 unspecified atom stereocenters. The van der Waals surface area contributed by atoms with Gasteiger partial charge in [-0.25, -0.2) is 8.78 Å². The van der Waals surface area contributed by atoms with E-state index in [1.54, 1.807) is 48.5 Å². The molecule has 0 fully saturated rings. The van der Waals surface area contributed by atoms with Crippen molar-refractivity contribution in [2.45, 2.75) is 11.2 Å². The molecule has 0 aliphatic rings. The molecular weight excluding hydrogens is 687 g/mol. The average molecular weight is 713 g/mol. The second kappa shape index (κ2) is 19.6. The van der Waals surface area contributed by atoms with E-state index in [2.05, 4.69) is 50.2 Å². The molecule has 46 heavy (non-hydrogen) atoms. The molecule has 1 atom stereocenters. The predicted octanol–water partition coefficient (Wildman–Crippen LogP) is 7.28. The van der Waals surface area contributed by atoms with E-state index in [9.17, 15) is 28.0 Å². The molecule has 0 aliphatic heterocycles. The fraction of sp³-hybridized carbons (Fsp3) is 0.125. The van der Waals surface area contributed by atoms with Gasteiger partial charge in [0.1, 0.15) is 41.1 Å². The van der Waals surface area contributed by atoms with Crippen LogP contribution in [-0.4, -0.2) is 50.2 Å². The molecule has 0 heterocycles. The summed E-state index contributed by atoms with van der Waals surface area (Å²) in [5.41, 5.74) is 0.741. The average Bonchev–Trinajstić information content (AvgIpc) is 3.07. The van der Waals surface area contributed by atoms with Gasteiger partial charge in [0.15, 0.2) is 16.4 Å². The number of halogens is 3. The van der Waals surface area contributed by atoms with Gasteiger partial charge in [0.2, 0.25) is 0 Å². The Balaban J connectivity index is 0.000000295. The number of methoxy groups -OCH3 is 2. The molecule has 0 amide bonds. The van der Waals surface area contributed by atoms with Crippen LogP contribution < -0.4 is 9.47 Å². The van der Waals surface area contributed by atoms with Crippen LogP contribution in [0.4, 0.5) is 8.78 Å². The van der Waals surface area contributed by atoms with E-state index in [-0.39, 0.29) is 23.8 Å². The molecule has 0 aromatic heterocycles. The fourth-order valence-electron chi connectivity index (χ4n) is 3.34. The number of hydrogen-bond acceptors (Lipinski definition) is 10. The van der Waals surface area contributed by atoms with E-state index in [4.69, 9.17) is 9.47 Å². The molecule has 237 valence electrons. The number of nitrogens with zero attached hydrogens (tertiary/aromatic N) is 1. The number of ketones is 2. The number of hydrogen-bond donors (Lipinski definition) is 1. The second-order valence-corrected chi connectivity index (χ2v) is 9.85. The number of esters is 2. The van der Waals surface area contributed by atoms with Gasteiger partial charge in [0.25, 0.3) is 0 Å². The van der Waals surface area contributed by atoms with Crippen LogP contribution in [0.15, 0.2) is 101 Å². The third-order valence-corrected chi connectivity index (χ3v) is 6.37. The Morgan fingerprint density at radius 3 is 1.39 bits per heavy atom. The summed E-state index contributed by atoms with van der Waals surface area (Å²) in [6, 6.07) is 23.8. The molecule has 0 N–H and O–H groups in total. The van der Waals surface area contributed by atoms with Gasteiger partial charge < -0.3 is 18.9 Å². The first-order valence-corrected chi connectivity index (χ1v) is 14.3. The Kier molecular flexibility index (Phi) is 16.0. The Bertz CT molecular complexity index is 1610. The van der Waals surface area contributed by atoms with Crippen molar-refractivity contribution in [2.75, 3.05) is 14.2 Å². The van der Waals surface area contributed by atoms with Gasteiger partial charge in [-0.15, -0.1) is 0 Å². The molecule has 4 rings (SSSR count). The van der Waals surface area contributed by atoms with Gasteiger partial charge in [-0.3, -0.25) is 19.2 Å². The second-order valence-electron chi connectivity index (χ2n) is 8.70. The number of Topliss-reactive ketones (excluding diaryl/α,β-unsaturated/α-hetero) is 2. The first-order chi connectivity index (χ1) is 22.0. The Morgan fingerprint density at radius 1 is 0.696 bits per heavy atom. The van der Waals surface area contributed by atoms with Crippen molar-refractivity contribution < 1.29 is 46.9 Å². The summed E-state index contributed by atoms with van der Waals surface area (Å²) < 4.78 is 48.2. The van der Waals surface area contributed by atoms with Crippen LogP contribution in [0, 0.1) is 11.6 Å². The van der Waals surface area contributed by atoms with Gasteiger partial charge in [-0.2, -0.15) is 0 Å². The number of ether oxygens (including phenoxy) is 4. The van der Waals surface area contributed by atoms with E-state index < -0.39 is 22.5 Å². The first-order valence-electron chi connectivity index (χ1n) is 13.0. The van der Waals surface area contributed by atoms with Crippen LogP contribution in [0.3, 0.4) is 0 Å². The molecular formula is C32H26BBrF2NO8S. The molecule has 0 aliphatic carbocycles. The van der Waals surface area contributed by atoms with Crippen LogP contribution >= 0.6 is 28.7 Å². The zero-order valence-corrected chi connectivity index (χ0v) is 26.9. The monoisotopic (exact) mass is 712 g/mol. The van der Waals surface area contributed by atoms with Gasteiger partial charge in [0.05, 0.1) is 14.2 Å². The van der Waals surface area contributed by atoms with E-state index >= 15 is 0 Å². The van der Waals surface area contributed by atoms with Gasteiger partial charge >= 0.3 is 36.7 Å². The molecule has 0 bridgehead atoms. The SMILES string of the molecule is COC(=O)C(Br)C(=O)c1ccc(Oc2ccc(F)cc2)cc1.COC(=O)CC(=O)c1ccc(Oc2ccc(F)cc2)cc1.[B]=NS. The summed E-state index contributed by atoms with van der Waals surface area (Å²) in [7, 11) is 6.78. The summed E-state index contributed by atoms with van der Waals surface area (Å²) in [6.07, 6.45) is -0.297. The van der Waals surface area contributed by atoms with Crippen molar-refractivity contribution in [3.63, 3.8) is 0 Å². The van der Waals surface area contributed by atoms with Crippen molar-refractivity contribution in [2.24, 2.45) is 4.30 Å². The predicted molar refractivity (Wildman–Crippen MR) is 173 cm³/mol. The normalized spacial score (nSPS) is 10.4. The van der Waals surface area contributed by atoms with Crippen molar-refractivity contribution in [1.82, 2.24) is 0 Å². The number of alkyl halides is 1. The fourth-order valence-corrected chi connectivity index (χ4v) is 3.79. The third-order valence-electron chi connectivity index (χ3n) is 5.58. The van der Waals surface area contributed by atoms with Crippen LogP contribution in [0.2, 0.25) is 0 Å². The number of thiol groups is 1. The summed E-state index contributed by atoms with van der Waals surface area (Å²) in [5.74, 6) is -0.675. The summed E-state index contributed by atoms with van der Waals surface area (Å²) in [6.45, 7) is 0. The minimum atomic E-state index is -1.04. The van der Waals surface area contributed by atoms with E-state index in [0.717, 1.165) is 0 Å². The van der Waals surface area contributed by atoms with Crippen LogP contribution in [0.25, 0.3) is 0 Å². The van der Waals surface area contributed by atoms with Gasteiger partial charge in [-0.05, 0) is 97.1 Å². The van der Waals surface area contributed by atoms with Crippen molar-refractivity contribution in [3.05, 3.63) is 120 Å². The summed E-state index contributed by atoms with van der Waals surface area (Å²) >= 11 is 6.19. The summed E-state index contributed by atoms with van der Waals surface area (Å²) in [5, 5.41) is 0. The third kappa shape index (κ3) is 12.7.